The number of fused-ring (bicyclic) bond motifs is 1. The molecule has 0 aliphatic carbocycles. The molecule has 1 aliphatic rings. The van der Waals surface area contributed by atoms with Crippen LogP contribution in [-0.4, -0.2) is 29.3 Å². The molecule has 2 aromatic rings. The van der Waals surface area contributed by atoms with Crippen molar-refractivity contribution in [1.29, 1.82) is 0 Å². The number of nitrogens with one attached hydrogen (secondary N) is 4. The monoisotopic (exact) mass is 231 g/mol. The highest BCUT2D eigenvalue weighted by Gasteiger charge is 2.16. The lowest BCUT2D eigenvalue weighted by Gasteiger charge is -2.19. The van der Waals surface area contributed by atoms with E-state index in [1.807, 2.05) is 0 Å². The number of imidazole rings is 1. The topological polar surface area (TPSA) is 64.8 Å². The van der Waals surface area contributed by atoms with Crippen molar-refractivity contribution in [3.8, 4) is 0 Å². The third-order valence-electron chi connectivity index (χ3n) is 3.26. The summed E-state index contributed by atoms with van der Waals surface area (Å²) in [6, 6.07) is 2.13. The van der Waals surface area contributed by atoms with Gasteiger partial charge in [-0.15, -0.1) is 0 Å². The molecule has 0 bridgehead atoms. The summed E-state index contributed by atoms with van der Waals surface area (Å²) in [6.45, 7) is 6.22. The SMILES string of the molecule is Cc1cc2[nH]cnc2c(C)c1NC1NCCN1. The third kappa shape index (κ3) is 1.77. The van der Waals surface area contributed by atoms with Gasteiger partial charge in [-0.25, -0.2) is 4.98 Å². The van der Waals surface area contributed by atoms with Crippen molar-refractivity contribution < 1.29 is 0 Å². The molecule has 1 aliphatic heterocycles. The molecule has 1 fully saturated rings. The van der Waals surface area contributed by atoms with E-state index in [0.717, 1.165) is 29.8 Å². The number of anilines is 1. The fourth-order valence-corrected chi connectivity index (χ4v) is 2.39. The summed E-state index contributed by atoms with van der Waals surface area (Å²) < 4.78 is 0. The minimum atomic E-state index is 0.156. The van der Waals surface area contributed by atoms with Gasteiger partial charge in [-0.1, -0.05) is 0 Å². The largest absolute Gasteiger partial charge is 0.357 e. The Labute approximate surface area is 100 Å². The average Bonchev–Trinajstić information content (AvgIpc) is 2.94. The first kappa shape index (κ1) is 10.6. The fourth-order valence-electron chi connectivity index (χ4n) is 2.39. The van der Waals surface area contributed by atoms with E-state index in [1.54, 1.807) is 6.33 Å². The van der Waals surface area contributed by atoms with Crippen LogP contribution in [0.5, 0.6) is 0 Å². The number of hydrogen-bond donors (Lipinski definition) is 4. The van der Waals surface area contributed by atoms with Gasteiger partial charge in [-0.05, 0) is 25.5 Å². The molecule has 1 aromatic heterocycles. The highest BCUT2D eigenvalue weighted by Crippen LogP contribution is 2.27. The van der Waals surface area contributed by atoms with Crippen molar-refractivity contribution in [2.24, 2.45) is 0 Å². The standard InChI is InChI=1S/C12H17N5/c1-7-5-9-11(16-6-15-9)8(2)10(7)17-12-13-3-4-14-12/h5-6,12-14,17H,3-4H2,1-2H3,(H,15,16). The number of aryl methyl sites for hydroxylation is 2. The normalized spacial score (nSPS) is 16.8. The summed E-state index contributed by atoms with van der Waals surface area (Å²) >= 11 is 0. The summed E-state index contributed by atoms with van der Waals surface area (Å²) in [7, 11) is 0. The highest BCUT2D eigenvalue weighted by atomic mass is 15.3. The van der Waals surface area contributed by atoms with Crippen molar-refractivity contribution >= 4 is 16.7 Å². The Kier molecular flexibility index (Phi) is 2.49. The Morgan fingerprint density at radius 3 is 2.82 bits per heavy atom. The molecule has 4 N–H and O–H groups in total. The zero-order valence-corrected chi connectivity index (χ0v) is 10.1. The van der Waals surface area contributed by atoms with E-state index in [9.17, 15) is 0 Å². The Hall–Kier alpha value is -1.59. The van der Waals surface area contributed by atoms with Crippen molar-refractivity contribution in [1.82, 2.24) is 20.6 Å². The number of rotatable bonds is 2. The molecule has 0 saturated carbocycles. The molecule has 0 amide bonds. The van der Waals surface area contributed by atoms with Crippen LogP contribution in [0.1, 0.15) is 11.1 Å². The molecule has 2 heterocycles. The van der Waals surface area contributed by atoms with Gasteiger partial charge in [0, 0.05) is 24.3 Å². The van der Waals surface area contributed by atoms with E-state index in [0.29, 0.717) is 0 Å². The number of nitrogens with zero attached hydrogens (tertiary/aromatic N) is 1. The first-order valence-corrected chi connectivity index (χ1v) is 5.92. The first-order valence-electron chi connectivity index (χ1n) is 5.92. The van der Waals surface area contributed by atoms with Gasteiger partial charge < -0.3 is 10.3 Å². The molecular weight excluding hydrogens is 214 g/mol. The predicted molar refractivity (Wildman–Crippen MR) is 69.0 cm³/mol. The Morgan fingerprint density at radius 1 is 1.29 bits per heavy atom. The summed E-state index contributed by atoms with van der Waals surface area (Å²) in [4.78, 5) is 7.51. The first-order chi connectivity index (χ1) is 8.25. The summed E-state index contributed by atoms with van der Waals surface area (Å²) in [6.07, 6.45) is 1.90. The maximum Gasteiger partial charge on any atom is 0.132 e. The number of H-pyrrole nitrogens is 1. The van der Waals surface area contributed by atoms with Gasteiger partial charge in [0.25, 0.3) is 0 Å². The van der Waals surface area contributed by atoms with Gasteiger partial charge in [-0.3, -0.25) is 10.6 Å². The van der Waals surface area contributed by atoms with Gasteiger partial charge in [0.2, 0.25) is 0 Å². The fraction of sp³-hybridized carbons (Fsp3) is 0.417. The number of aromatic nitrogens is 2. The minimum absolute atomic E-state index is 0.156. The summed E-state index contributed by atoms with van der Waals surface area (Å²) in [5.41, 5.74) is 5.72. The molecule has 5 heteroatoms. The van der Waals surface area contributed by atoms with Crippen LogP contribution in [0.4, 0.5) is 5.69 Å². The lowest BCUT2D eigenvalue weighted by atomic mass is 10.1. The highest BCUT2D eigenvalue weighted by molar-refractivity contribution is 5.85. The van der Waals surface area contributed by atoms with Gasteiger partial charge in [0.1, 0.15) is 6.29 Å². The van der Waals surface area contributed by atoms with Crippen LogP contribution in [0, 0.1) is 13.8 Å². The number of benzene rings is 1. The second kappa shape index (κ2) is 4.01. The van der Waals surface area contributed by atoms with Gasteiger partial charge in [0.15, 0.2) is 0 Å². The van der Waals surface area contributed by atoms with Crippen molar-refractivity contribution in [3.05, 3.63) is 23.5 Å². The van der Waals surface area contributed by atoms with Gasteiger partial charge in [-0.2, -0.15) is 0 Å². The summed E-state index contributed by atoms with van der Waals surface area (Å²) in [5, 5.41) is 10.2. The lowest BCUT2D eigenvalue weighted by Crippen LogP contribution is -2.39. The van der Waals surface area contributed by atoms with E-state index in [4.69, 9.17) is 0 Å². The maximum atomic E-state index is 4.36. The van der Waals surface area contributed by atoms with Gasteiger partial charge in [0.05, 0.1) is 17.4 Å². The molecule has 1 aromatic carbocycles. The predicted octanol–water partition coefficient (Wildman–Crippen LogP) is 1.07. The lowest BCUT2D eigenvalue weighted by molar-refractivity contribution is 0.619. The second-order valence-electron chi connectivity index (χ2n) is 4.48. The van der Waals surface area contributed by atoms with Crippen LogP contribution in [-0.2, 0) is 0 Å². The summed E-state index contributed by atoms with van der Waals surface area (Å²) in [5.74, 6) is 0. The van der Waals surface area contributed by atoms with Crippen molar-refractivity contribution in [2.75, 3.05) is 18.4 Å². The molecule has 0 radical (unpaired) electrons. The molecule has 0 spiro atoms. The number of hydrogen-bond acceptors (Lipinski definition) is 4. The molecule has 17 heavy (non-hydrogen) atoms. The smallest absolute Gasteiger partial charge is 0.132 e. The van der Waals surface area contributed by atoms with Crippen LogP contribution in [0.2, 0.25) is 0 Å². The molecule has 3 rings (SSSR count). The van der Waals surface area contributed by atoms with E-state index in [2.05, 4.69) is 45.8 Å². The molecule has 5 nitrogen and oxygen atoms in total. The molecule has 1 saturated heterocycles. The average molecular weight is 231 g/mol. The molecule has 0 atom stereocenters. The molecular formula is C12H17N5. The minimum Gasteiger partial charge on any atom is -0.357 e. The quantitative estimate of drug-likeness (QED) is 0.624. The van der Waals surface area contributed by atoms with E-state index in [1.165, 1.54) is 11.1 Å². The second-order valence-corrected chi connectivity index (χ2v) is 4.48. The van der Waals surface area contributed by atoms with Crippen molar-refractivity contribution in [3.63, 3.8) is 0 Å². The zero-order chi connectivity index (χ0) is 11.8. The van der Waals surface area contributed by atoms with E-state index >= 15 is 0 Å². The third-order valence-corrected chi connectivity index (χ3v) is 3.26. The Bertz CT molecular complexity index is 539. The van der Waals surface area contributed by atoms with Crippen LogP contribution in [0.3, 0.4) is 0 Å². The van der Waals surface area contributed by atoms with E-state index in [-0.39, 0.29) is 6.29 Å². The number of aromatic amines is 1. The van der Waals surface area contributed by atoms with Crippen LogP contribution >= 0.6 is 0 Å². The van der Waals surface area contributed by atoms with E-state index < -0.39 is 0 Å². The zero-order valence-electron chi connectivity index (χ0n) is 10.1. The van der Waals surface area contributed by atoms with Crippen LogP contribution < -0.4 is 16.0 Å². The van der Waals surface area contributed by atoms with Gasteiger partial charge >= 0.3 is 0 Å². The molecule has 0 unspecified atom stereocenters. The Morgan fingerprint density at radius 2 is 2.06 bits per heavy atom. The van der Waals surface area contributed by atoms with Crippen LogP contribution in [0.15, 0.2) is 12.4 Å². The maximum absolute atomic E-state index is 4.36. The molecule has 90 valence electrons. The van der Waals surface area contributed by atoms with Crippen molar-refractivity contribution in [2.45, 2.75) is 20.1 Å². The van der Waals surface area contributed by atoms with Crippen LogP contribution in [0.25, 0.3) is 11.0 Å². The Balaban J connectivity index is 2.01.